The number of phenolic OH excluding ortho intramolecular Hbond substituents is 3. The second kappa shape index (κ2) is 25.8. The van der Waals surface area contributed by atoms with Crippen LogP contribution in [0.15, 0.2) is 82.2 Å². The molecule has 6 aromatic rings. The Hall–Kier alpha value is -8.66. The number of anilines is 3. The molecular formula is C50H52F3N5O14. The summed E-state index contributed by atoms with van der Waals surface area (Å²) in [6.45, 7) is 1.08. The Morgan fingerprint density at radius 2 is 0.958 bits per heavy atom. The van der Waals surface area contributed by atoms with Crippen LogP contribution in [0, 0.1) is 17.5 Å². The number of halogens is 3. The number of carboxylic acid groups (broad SMARTS) is 2. The van der Waals surface area contributed by atoms with Gasteiger partial charge in [-0.1, -0.05) is 0 Å². The summed E-state index contributed by atoms with van der Waals surface area (Å²) >= 11 is 0. The lowest BCUT2D eigenvalue weighted by atomic mass is 10.0. The van der Waals surface area contributed by atoms with Crippen molar-refractivity contribution in [1.29, 1.82) is 0 Å². The first-order chi connectivity index (χ1) is 33.7. The van der Waals surface area contributed by atoms with Crippen molar-refractivity contribution >= 4 is 58.2 Å². The standard InChI is InChI=1S/C16H15FN2O3.C16H14FNO4.C10H10O4.C6H6FNO.C2H4O2.H3N/c17-11-7-9(20)5-6-12(11)19-16(22)10-8-18-13-3-1-2-4-14(21)15(10)13;17-11-7-9(19)5-6-12(11)18-16(21)10-8-22-14-4-2-1-3-13(20)15(10)14;11-7-3-1-2-4-8-9(7)6(5-14-8)10(12)13;7-5-3-4(9)1-2-6(5)8;1-2(3)4;/h5-8,18,20H,1-4H2,(H,19,22);5-8,19H,1-4H2,(H,18,21);5H,1-4H2,(H,12,13);1-3,9H,8H2;1H3,(H,3,4);1H3. The van der Waals surface area contributed by atoms with Crippen LogP contribution >= 0.6 is 0 Å². The molecule has 382 valence electrons. The summed E-state index contributed by atoms with van der Waals surface area (Å²) in [6, 6.07) is 10.5. The van der Waals surface area contributed by atoms with Gasteiger partial charge in [0.1, 0.15) is 64.3 Å². The molecule has 0 atom stereocenters. The Balaban J connectivity index is 0.000000211. The van der Waals surface area contributed by atoms with Crippen molar-refractivity contribution in [3.8, 4) is 17.2 Å². The van der Waals surface area contributed by atoms with Gasteiger partial charge in [-0.05, 0) is 81.3 Å². The Morgan fingerprint density at radius 3 is 1.40 bits per heavy atom. The van der Waals surface area contributed by atoms with Gasteiger partial charge < -0.3 is 61.9 Å². The summed E-state index contributed by atoms with van der Waals surface area (Å²) in [5.41, 5.74) is 7.16. The zero-order chi connectivity index (χ0) is 51.9. The van der Waals surface area contributed by atoms with Gasteiger partial charge in [0.15, 0.2) is 17.3 Å². The van der Waals surface area contributed by atoms with Crippen molar-refractivity contribution in [2.24, 2.45) is 0 Å². The number of rotatable bonds is 5. The highest BCUT2D eigenvalue weighted by Crippen LogP contribution is 2.29. The summed E-state index contributed by atoms with van der Waals surface area (Å²) in [6.07, 6.45) is 12.1. The number of aromatic carboxylic acids is 1. The van der Waals surface area contributed by atoms with Gasteiger partial charge in [-0.2, -0.15) is 0 Å². The Kier molecular flexibility index (Phi) is 20.0. The maximum atomic E-state index is 13.7. The van der Waals surface area contributed by atoms with Crippen LogP contribution in [0.4, 0.5) is 30.2 Å². The van der Waals surface area contributed by atoms with E-state index in [9.17, 15) is 47.0 Å². The number of aliphatic carboxylic acids is 1. The molecule has 3 aromatic carbocycles. The van der Waals surface area contributed by atoms with Crippen molar-refractivity contribution < 1.29 is 81.1 Å². The van der Waals surface area contributed by atoms with Crippen molar-refractivity contribution in [1.82, 2.24) is 11.1 Å². The number of nitrogen functional groups attached to an aromatic ring is 1. The van der Waals surface area contributed by atoms with Gasteiger partial charge in [0.05, 0.1) is 44.9 Å². The van der Waals surface area contributed by atoms with Crippen LogP contribution < -0.4 is 22.5 Å². The number of furan rings is 2. The molecule has 72 heavy (non-hydrogen) atoms. The number of carboxylic acids is 2. The van der Waals surface area contributed by atoms with Crippen LogP contribution in [0.1, 0.15) is 144 Å². The number of aromatic nitrogens is 1. The van der Waals surface area contributed by atoms with Crippen molar-refractivity contribution in [2.75, 3.05) is 16.4 Å². The minimum atomic E-state index is -1.09. The number of aromatic amines is 1. The predicted molar refractivity (Wildman–Crippen MR) is 254 cm³/mol. The Morgan fingerprint density at radius 1 is 0.569 bits per heavy atom. The number of benzene rings is 3. The van der Waals surface area contributed by atoms with E-state index < -0.39 is 41.2 Å². The molecule has 0 fully saturated rings. The van der Waals surface area contributed by atoms with E-state index in [1.165, 1.54) is 48.9 Å². The monoisotopic (exact) mass is 1000 g/mol. The first-order valence-electron chi connectivity index (χ1n) is 22.0. The molecule has 0 bridgehead atoms. The van der Waals surface area contributed by atoms with E-state index in [-0.39, 0.29) is 80.1 Å². The number of hydrogen-bond acceptors (Lipinski definition) is 14. The summed E-state index contributed by atoms with van der Waals surface area (Å²) in [5, 5.41) is 48.1. The first-order valence-corrected chi connectivity index (χ1v) is 22.0. The summed E-state index contributed by atoms with van der Waals surface area (Å²) < 4.78 is 50.1. The van der Waals surface area contributed by atoms with E-state index in [4.69, 9.17) is 39.8 Å². The van der Waals surface area contributed by atoms with Gasteiger partial charge in [0, 0.05) is 69.1 Å². The largest absolute Gasteiger partial charge is 0.508 e. The third-order valence-electron chi connectivity index (χ3n) is 10.8. The van der Waals surface area contributed by atoms with Crippen molar-refractivity contribution in [2.45, 2.75) is 84.0 Å². The molecule has 3 aromatic heterocycles. The molecule has 0 radical (unpaired) electrons. The second-order valence-corrected chi connectivity index (χ2v) is 16.1. The lowest BCUT2D eigenvalue weighted by Crippen LogP contribution is -2.16. The van der Waals surface area contributed by atoms with Crippen LogP contribution in [-0.2, 0) is 24.1 Å². The van der Waals surface area contributed by atoms with Gasteiger partial charge >= 0.3 is 5.97 Å². The number of ketones is 3. The lowest BCUT2D eigenvalue weighted by molar-refractivity contribution is -0.134. The highest BCUT2D eigenvalue weighted by Gasteiger charge is 2.29. The van der Waals surface area contributed by atoms with E-state index in [1.54, 1.807) is 0 Å². The average Bonchev–Trinajstić information content (AvgIpc) is 3.97. The molecule has 0 saturated heterocycles. The highest BCUT2D eigenvalue weighted by molar-refractivity contribution is 6.14. The second-order valence-electron chi connectivity index (χ2n) is 16.1. The summed E-state index contributed by atoms with van der Waals surface area (Å²) in [7, 11) is 0. The number of carbonyl (C=O) groups is 7. The average molecular weight is 1000 g/mol. The smallest absolute Gasteiger partial charge is 0.339 e. The SMILES string of the molecule is CC(=O)O.N.Nc1ccc(O)cc1F.O=C(Nc1ccc(O)cc1F)c1c[nH]c2c1C(=O)CCCC2.O=C(Nc1ccc(O)cc1F)c1coc2c1C(=O)CCCC2.O=C(O)c1coc2c1C(=O)CCCC2. The summed E-state index contributed by atoms with van der Waals surface area (Å²) in [4.78, 5) is 83.2. The Bertz CT molecular complexity index is 2830. The minimum absolute atomic E-state index is 0. The van der Waals surface area contributed by atoms with Gasteiger partial charge in [-0.15, -0.1) is 0 Å². The number of H-pyrrole nitrogens is 1. The molecule has 3 heterocycles. The fraction of sp³-hybridized carbons (Fsp3) is 0.260. The molecule has 9 rings (SSSR count). The maximum Gasteiger partial charge on any atom is 0.339 e. The molecule has 0 aliphatic heterocycles. The van der Waals surface area contributed by atoms with Crippen LogP contribution in [-0.4, -0.2) is 71.6 Å². The number of fused-ring (bicyclic) bond motifs is 3. The number of nitrogens with one attached hydrogen (secondary N) is 3. The van der Waals surface area contributed by atoms with Crippen LogP contribution in [0.25, 0.3) is 0 Å². The van der Waals surface area contributed by atoms with Crippen molar-refractivity contribution in [3.63, 3.8) is 0 Å². The number of Topliss-reactive ketones (excluding diaryl/α,β-unsaturated/α-hetero) is 3. The molecule has 19 nitrogen and oxygen atoms in total. The normalized spacial score (nSPS) is 13.4. The van der Waals surface area contributed by atoms with Crippen LogP contribution in [0.5, 0.6) is 17.2 Å². The number of nitrogens with two attached hydrogens (primary N) is 1. The number of aromatic hydroxyl groups is 3. The zero-order valence-corrected chi connectivity index (χ0v) is 38.7. The van der Waals surface area contributed by atoms with Gasteiger partial charge in [-0.3, -0.25) is 28.8 Å². The first kappa shape index (κ1) is 55.9. The number of carbonyl (C=O) groups excluding carboxylic acids is 5. The Labute approximate surface area is 408 Å². The maximum absolute atomic E-state index is 13.7. The molecule has 0 saturated carbocycles. The predicted octanol–water partition coefficient (Wildman–Crippen LogP) is 9.56. The molecule has 2 amide bonds. The lowest BCUT2D eigenvalue weighted by Gasteiger charge is -2.07. The van der Waals surface area contributed by atoms with E-state index >= 15 is 0 Å². The molecule has 13 N–H and O–H groups in total. The van der Waals surface area contributed by atoms with Crippen LogP contribution in [0.3, 0.4) is 0 Å². The number of phenols is 3. The van der Waals surface area contributed by atoms with Crippen molar-refractivity contribution in [3.05, 3.63) is 141 Å². The van der Waals surface area contributed by atoms with E-state index in [0.717, 1.165) is 82.0 Å². The quantitative estimate of drug-likeness (QED) is 0.0436. The van der Waals surface area contributed by atoms with E-state index in [0.29, 0.717) is 54.8 Å². The zero-order valence-electron chi connectivity index (χ0n) is 38.7. The fourth-order valence-electron chi connectivity index (χ4n) is 7.47. The summed E-state index contributed by atoms with van der Waals surface area (Å²) in [5.74, 6) is -4.97. The molecule has 3 aliphatic carbocycles. The fourth-order valence-corrected chi connectivity index (χ4v) is 7.47. The highest BCUT2D eigenvalue weighted by atomic mass is 19.1. The third kappa shape index (κ3) is 14.9. The number of amides is 2. The van der Waals surface area contributed by atoms with E-state index in [2.05, 4.69) is 15.6 Å². The van der Waals surface area contributed by atoms with E-state index in [1.807, 2.05) is 0 Å². The number of aryl methyl sites for hydroxylation is 3. The molecule has 22 heteroatoms. The molecule has 0 spiro atoms. The minimum Gasteiger partial charge on any atom is -0.508 e. The van der Waals surface area contributed by atoms with Gasteiger partial charge in [0.25, 0.3) is 17.8 Å². The molecule has 0 unspecified atom stereocenters. The topological polar surface area (TPSA) is 348 Å². The third-order valence-corrected chi connectivity index (χ3v) is 10.8. The molecular weight excluding hydrogens is 952 g/mol. The molecule has 3 aliphatic rings. The van der Waals surface area contributed by atoms with Gasteiger partial charge in [0.2, 0.25) is 0 Å². The van der Waals surface area contributed by atoms with Crippen LogP contribution in [0.2, 0.25) is 0 Å². The van der Waals surface area contributed by atoms with Gasteiger partial charge in [-0.25, -0.2) is 18.0 Å². The number of hydrogen-bond donors (Lipinski definition) is 10.